The molecule has 0 atom stereocenters. The molecule has 3 rings (SSSR count). The number of pyridine rings is 1. The van der Waals surface area contributed by atoms with Crippen LogP contribution in [0.5, 0.6) is 11.6 Å². The third-order valence-electron chi connectivity index (χ3n) is 4.24. The molecule has 1 saturated heterocycles. The van der Waals surface area contributed by atoms with Crippen LogP contribution in [0.1, 0.15) is 23.2 Å². The predicted molar refractivity (Wildman–Crippen MR) is 112 cm³/mol. The summed E-state index contributed by atoms with van der Waals surface area (Å²) in [7, 11) is 1.73. The largest absolute Gasteiger partial charge is 0.439 e. The van der Waals surface area contributed by atoms with Gasteiger partial charge in [-0.05, 0) is 43.3 Å². The molecule has 1 fully saturated rings. The van der Waals surface area contributed by atoms with E-state index in [-0.39, 0.29) is 11.9 Å². The first-order valence-electron chi connectivity index (χ1n) is 9.45. The number of benzene rings is 1. The fourth-order valence-electron chi connectivity index (χ4n) is 2.80. The molecular weight excluding hydrogens is 370 g/mol. The van der Waals surface area contributed by atoms with E-state index in [0.29, 0.717) is 36.2 Å². The summed E-state index contributed by atoms with van der Waals surface area (Å²) >= 11 is 0. The standard InChI is InChI=1S/C21H25N5O3/c1-23-10-7-18(22)25-21(27)15-13-19(24-16-8-11-28-12-9-16)26-20(14-15)29-17-5-3-2-4-6-17/h2-7,10,13-14,16,23H,8-9,11-12H2,1H3,(H,24,26)(H2,22,25,27)/b10-7-. The van der Waals surface area contributed by atoms with Crippen molar-refractivity contribution < 1.29 is 14.3 Å². The Hall–Kier alpha value is -3.39. The van der Waals surface area contributed by atoms with Crippen LogP contribution in [-0.4, -0.2) is 43.0 Å². The van der Waals surface area contributed by atoms with Crippen molar-refractivity contribution in [1.82, 2.24) is 10.3 Å². The van der Waals surface area contributed by atoms with Gasteiger partial charge in [-0.3, -0.25) is 4.79 Å². The molecule has 1 aliphatic heterocycles. The Bertz CT molecular complexity index is 877. The zero-order chi connectivity index (χ0) is 20.5. The van der Waals surface area contributed by atoms with E-state index in [4.69, 9.17) is 15.2 Å². The molecule has 2 aromatic rings. The Kier molecular flexibility index (Phi) is 7.18. The van der Waals surface area contributed by atoms with Crippen LogP contribution < -0.4 is 21.1 Å². The summed E-state index contributed by atoms with van der Waals surface area (Å²) in [5, 5.41) is 6.16. The van der Waals surface area contributed by atoms with E-state index in [9.17, 15) is 4.79 Å². The highest BCUT2D eigenvalue weighted by Crippen LogP contribution is 2.24. The fourth-order valence-corrected chi connectivity index (χ4v) is 2.80. The number of anilines is 1. The van der Waals surface area contributed by atoms with Crippen LogP contribution in [0.3, 0.4) is 0 Å². The second-order valence-electron chi connectivity index (χ2n) is 6.49. The zero-order valence-corrected chi connectivity index (χ0v) is 16.3. The smallest absolute Gasteiger partial charge is 0.279 e. The van der Waals surface area contributed by atoms with Crippen LogP contribution in [0.15, 0.2) is 59.7 Å². The summed E-state index contributed by atoms with van der Waals surface area (Å²) in [6, 6.07) is 12.7. The molecule has 0 unspecified atom stereocenters. The molecule has 2 heterocycles. The number of nitrogens with zero attached hydrogens (tertiary/aromatic N) is 2. The molecule has 1 aliphatic rings. The third-order valence-corrected chi connectivity index (χ3v) is 4.24. The average Bonchev–Trinajstić information content (AvgIpc) is 2.73. The fraction of sp³-hybridized carbons (Fsp3) is 0.286. The number of ether oxygens (including phenoxy) is 2. The molecule has 0 saturated carbocycles. The number of nitrogens with one attached hydrogen (secondary N) is 2. The predicted octanol–water partition coefficient (Wildman–Crippen LogP) is 2.70. The number of hydrogen-bond donors (Lipinski definition) is 3. The summed E-state index contributed by atoms with van der Waals surface area (Å²) in [6.07, 6.45) is 4.85. The molecule has 0 bridgehead atoms. The molecule has 1 amide bonds. The molecular formula is C21H25N5O3. The number of rotatable bonds is 7. The van der Waals surface area contributed by atoms with Gasteiger partial charge in [0, 0.05) is 32.4 Å². The molecule has 0 aliphatic carbocycles. The molecule has 152 valence electrons. The molecule has 29 heavy (non-hydrogen) atoms. The van der Waals surface area contributed by atoms with Crippen LogP contribution >= 0.6 is 0 Å². The maximum absolute atomic E-state index is 12.6. The minimum absolute atomic E-state index is 0.102. The lowest BCUT2D eigenvalue weighted by molar-refractivity contribution is 0.0903. The van der Waals surface area contributed by atoms with Crippen LogP contribution in [0.2, 0.25) is 0 Å². The number of amidine groups is 1. The number of para-hydroxylation sites is 1. The van der Waals surface area contributed by atoms with Gasteiger partial charge in [-0.1, -0.05) is 18.2 Å². The van der Waals surface area contributed by atoms with Crippen molar-refractivity contribution in [3.63, 3.8) is 0 Å². The summed E-state index contributed by atoms with van der Waals surface area (Å²) in [5.41, 5.74) is 6.11. The van der Waals surface area contributed by atoms with E-state index in [1.807, 2.05) is 30.3 Å². The van der Waals surface area contributed by atoms with Crippen LogP contribution in [0, 0.1) is 0 Å². The average molecular weight is 395 g/mol. The van der Waals surface area contributed by atoms with Gasteiger partial charge in [0.15, 0.2) is 0 Å². The monoisotopic (exact) mass is 395 g/mol. The number of aliphatic imine (C=N–C) groups is 1. The van der Waals surface area contributed by atoms with Crippen LogP contribution in [-0.2, 0) is 4.74 Å². The van der Waals surface area contributed by atoms with Gasteiger partial charge >= 0.3 is 0 Å². The first kappa shape index (κ1) is 20.3. The summed E-state index contributed by atoms with van der Waals surface area (Å²) in [6.45, 7) is 1.39. The highest BCUT2D eigenvalue weighted by Gasteiger charge is 2.17. The van der Waals surface area contributed by atoms with Crippen molar-refractivity contribution in [3.8, 4) is 11.6 Å². The topological polar surface area (TPSA) is 111 Å². The number of nitrogens with two attached hydrogens (primary N) is 1. The van der Waals surface area contributed by atoms with Crippen LogP contribution in [0.4, 0.5) is 5.82 Å². The molecule has 8 nitrogen and oxygen atoms in total. The first-order valence-corrected chi connectivity index (χ1v) is 9.45. The Morgan fingerprint density at radius 1 is 1.28 bits per heavy atom. The number of carbonyl (C=O) groups is 1. The van der Waals surface area contributed by atoms with E-state index in [0.717, 1.165) is 12.8 Å². The van der Waals surface area contributed by atoms with Crippen molar-refractivity contribution in [2.45, 2.75) is 18.9 Å². The number of amides is 1. The number of carbonyl (C=O) groups excluding carboxylic acids is 1. The molecule has 4 N–H and O–H groups in total. The van der Waals surface area contributed by atoms with Crippen LogP contribution in [0.25, 0.3) is 0 Å². The molecule has 0 radical (unpaired) electrons. The normalized spacial score (nSPS) is 15.3. The third kappa shape index (κ3) is 6.32. The first-order chi connectivity index (χ1) is 14.1. The van der Waals surface area contributed by atoms with Gasteiger partial charge in [0.05, 0.1) is 5.56 Å². The SMILES string of the molecule is CN/C=C\C(N)=NC(=O)c1cc(NC2CCOCC2)nc(Oc2ccccc2)c1. The van der Waals surface area contributed by atoms with E-state index >= 15 is 0 Å². The van der Waals surface area contributed by atoms with Gasteiger partial charge in [-0.2, -0.15) is 9.98 Å². The second kappa shape index (κ2) is 10.2. The van der Waals surface area contributed by atoms with Crippen molar-refractivity contribution in [1.29, 1.82) is 0 Å². The van der Waals surface area contributed by atoms with Crippen molar-refractivity contribution in [3.05, 3.63) is 60.3 Å². The van der Waals surface area contributed by atoms with E-state index in [1.54, 1.807) is 25.4 Å². The van der Waals surface area contributed by atoms with Gasteiger partial charge in [-0.15, -0.1) is 0 Å². The van der Waals surface area contributed by atoms with E-state index < -0.39 is 5.91 Å². The van der Waals surface area contributed by atoms with Gasteiger partial charge < -0.3 is 25.8 Å². The Labute approximate surface area is 169 Å². The van der Waals surface area contributed by atoms with Gasteiger partial charge in [-0.25, -0.2) is 0 Å². The highest BCUT2D eigenvalue weighted by atomic mass is 16.5. The lowest BCUT2D eigenvalue weighted by atomic mass is 10.1. The minimum Gasteiger partial charge on any atom is -0.439 e. The molecule has 1 aromatic heterocycles. The minimum atomic E-state index is -0.474. The Morgan fingerprint density at radius 3 is 2.76 bits per heavy atom. The second-order valence-corrected chi connectivity index (χ2v) is 6.49. The molecule has 1 aromatic carbocycles. The van der Waals surface area contributed by atoms with Gasteiger partial charge in [0.25, 0.3) is 5.91 Å². The maximum atomic E-state index is 12.6. The summed E-state index contributed by atoms with van der Waals surface area (Å²) < 4.78 is 11.2. The Balaban J connectivity index is 1.86. The molecule has 8 heteroatoms. The van der Waals surface area contributed by atoms with E-state index in [2.05, 4.69) is 20.6 Å². The zero-order valence-electron chi connectivity index (χ0n) is 16.3. The van der Waals surface area contributed by atoms with Crippen molar-refractivity contribution >= 4 is 17.6 Å². The Morgan fingerprint density at radius 2 is 2.03 bits per heavy atom. The number of aromatic nitrogens is 1. The van der Waals surface area contributed by atoms with Crippen molar-refractivity contribution in [2.24, 2.45) is 10.7 Å². The summed E-state index contributed by atoms with van der Waals surface area (Å²) in [5.74, 6) is 1.11. The van der Waals surface area contributed by atoms with Crippen molar-refractivity contribution in [2.75, 3.05) is 25.6 Å². The highest BCUT2D eigenvalue weighted by molar-refractivity contribution is 6.06. The quantitative estimate of drug-likeness (QED) is 0.488. The summed E-state index contributed by atoms with van der Waals surface area (Å²) in [4.78, 5) is 21.0. The van der Waals surface area contributed by atoms with Gasteiger partial charge in [0.2, 0.25) is 5.88 Å². The van der Waals surface area contributed by atoms with E-state index in [1.165, 1.54) is 6.08 Å². The van der Waals surface area contributed by atoms with Gasteiger partial charge in [0.1, 0.15) is 17.4 Å². The number of hydrogen-bond acceptors (Lipinski definition) is 6. The molecule has 0 spiro atoms. The maximum Gasteiger partial charge on any atom is 0.279 e. The lowest BCUT2D eigenvalue weighted by Crippen LogP contribution is -2.28. The lowest BCUT2D eigenvalue weighted by Gasteiger charge is -2.24.